The summed E-state index contributed by atoms with van der Waals surface area (Å²) in [5, 5.41) is 8.90. The highest BCUT2D eigenvalue weighted by molar-refractivity contribution is 5.85. The van der Waals surface area contributed by atoms with Gasteiger partial charge < -0.3 is 15.1 Å². The quantitative estimate of drug-likeness (QED) is 0.815. The van der Waals surface area contributed by atoms with Crippen LogP contribution in [0.5, 0.6) is 0 Å². The molecule has 3 N–H and O–H groups in total. The molecular formula is C13H16N4O2. The van der Waals surface area contributed by atoms with Gasteiger partial charge in [-0.3, -0.25) is 4.98 Å². The lowest BCUT2D eigenvalue weighted by Crippen LogP contribution is -2.28. The maximum Gasteiger partial charge on any atom is 0.417 e. The number of benzene rings is 1. The van der Waals surface area contributed by atoms with Crippen LogP contribution in [0.2, 0.25) is 0 Å². The van der Waals surface area contributed by atoms with E-state index < -0.39 is 5.76 Å². The van der Waals surface area contributed by atoms with Crippen LogP contribution in [0.15, 0.2) is 21.3 Å². The van der Waals surface area contributed by atoms with Gasteiger partial charge in [-0.15, -0.1) is 0 Å². The Bertz CT molecular complexity index is 680. The first kappa shape index (κ1) is 13.0. The first-order chi connectivity index (χ1) is 9.05. The van der Waals surface area contributed by atoms with Gasteiger partial charge in [0.1, 0.15) is 0 Å². The van der Waals surface area contributed by atoms with Crippen LogP contribution in [-0.2, 0) is 0 Å². The molecule has 0 fully saturated rings. The molecule has 100 valence electrons. The number of oxazole rings is 1. The molecule has 1 aromatic heterocycles. The fourth-order valence-corrected chi connectivity index (χ4v) is 2.04. The Morgan fingerprint density at radius 1 is 1.58 bits per heavy atom. The van der Waals surface area contributed by atoms with Crippen LogP contribution in [0.25, 0.3) is 11.1 Å². The summed E-state index contributed by atoms with van der Waals surface area (Å²) in [7, 11) is 0. The molecule has 1 unspecified atom stereocenters. The summed E-state index contributed by atoms with van der Waals surface area (Å²) < 4.78 is 4.96. The SMILES string of the molecule is CCN(CC(C)C#N)c1cc2[nH]c(=O)oc2cc1N. The minimum Gasteiger partial charge on any atom is -0.408 e. The molecule has 0 amide bonds. The Morgan fingerprint density at radius 2 is 2.32 bits per heavy atom. The van der Waals surface area contributed by atoms with Crippen LogP contribution in [0.1, 0.15) is 13.8 Å². The molecule has 19 heavy (non-hydrogen) atoms. The molecule has 6 nitrogen and oxygen atoms in total. The van der Waals surface area contributed by atoms with Crippen molar-refractivity contribution in [1.29, 1.82) is 5.26 Å². The van der Waals surface area contributed by atoms with Crippen LogP contribution in [0.4, 0.5) is 11.4 Å². The number of hydrogen-bond donors (Lipinski definition) is 2. The second-order valence-corrected chi connectivity index (χ2v) is 4.49. The number of H-pyrrole nitrogens is 1. The maximum atomic E-state index is 11.2. The third-order valence-corrected chi connectivity index (χ3v) is 3.01. The van der Waals surface area contributed by atoms with Crippen molar-refractivity contribution >= 4 is 22.5 Å². The van der Waals surface area contributed by atoms with Gasteiger partial charge in [-0.1, -0.05) is 0 Å². The summed E-state index contributed by atoms with van der Waals surface area (Å²) >= 11 is 0. The van der Waals surface area contributed by atoms with Crippen molar-refractivity contribution in [2.24, 2.45) is 5.92 Å². The summed E-state index contributed by atoms with van der Waals surface area (Å²) in [6.45, 7) is 5.16. The number of nitrogen functional groups attached to an aromatic ring is 1. The number of nitrogens with zero attached hydrogens (tertiary/aromatic N) is 2. The molecule has 0 spiro atoms. The molecule has 0 saturated heterocycles. The number of fused-ring (bicyclic) bond motifs is 1. The topological polar surface area (TPSA) is 99.0 Å². The lowest BCUT2D eigenvalue weighted by molar-refractivity contribution is 0.555. The lowest BCUT2D eigenvalue weighted by Gasteiger charge is -2.25. The summed E-state index contributed by atoms with van der Waals surface area (Å²) in [4.78, 5) is 15.8. The first-order valence-electron chi connectivity index (χ1n) is 6.12. The normalized spacial score (nSPS) is 12.3. The lowest BCUT2D eigenvalue weighted by atomic mass is 10.1. The van der Waals surface area contributed by atoms with E-state index in [2.05, 4.69) is 11.1 Å². The zero-order chi connectivity index (χ0) is 14.0. The molecule has 0 radical (unpaired) electrons. The average molecular weight is 260 g/mol. The van der Waals surface area contributed by atoms with Gasteiger partial charge in [-0.25, -0.2) is 4.79 Å². The van der Waals surface area contributed by atoms with Gasteiger partial charge in [-0.2, -0.15) is 5.26 Å². The number of nitrogens with one attached hydrogen (secondary N) is 1. The van der Waals surface area contributed by atoms with E-state index in [1.54, 1.807) is 12.1 Å². The predicted molar refractivity (Wildman–Crippen MR) is 73.9 cm³/mol. The molecule has 1 aromatic carbocycles. The van der Waals surface area contributed by atoms with Gasteiger partial charge >= 0.3 is 5.76 Å². The monoisotopic (exact) mass is 260 g/mol. The van der Waals surface area contributed by atoms with E-state index >= 15 is 0 Å². The molecule has 6 heteroatoms. The Balaban J connectivity index is 2.44. The van der Waals surface area contributed by atoms with E-state index in [0.29, 0.717) is 23.3 Å². The summed E-state index contributed by atoms with van der Waals surface area (Å²) in [6.07, 6.45) is 0. The Morgan fingerprint density at radius 3 is 2.95 bits per heavy atom. The second kappa shape index (κ2) is 5.06. The minimum atomic E-state index is -0.500. The fraction of sp³-hybridized carbons (Fsp3) is 0.385. The molecule has 0 aliphatic carbocycles. The Hall–Kier alpha value is -2.42. The van der Waals surface area contributed by atoms with Crippen LogP contribution in [-0.4, -0.2) is 18.1 Å². The van der Waals surface area contributed by atoms with Crippen LogP contribution in [0, 0.1) is 17.2 Å². The Labute approximate surface area is 110 Å². The van der Waals surface area contributed by atoms with Crippen molar-refractivity contribution in [3.63, 3.8) is 0 Å². The van der Waals surface area contributed by atoms with E-state index in [4.69, 9.17) is 15.4 Å². The molecule has 2 rings (SSSR count). The van der Waals surface area contributed by atoms with Gasteiger partial charge in [0.05, 0.1) is 28.9 Å². The predicted octanol–water partition coefficient (Wildman–Crippen LogP) is 1.69. The number of nitrogens with two attached hydrogens (primary N) is 1. The van der Waals surface area contributed by atoms with Crippen LogP contribution < -0.4 is 16.4 Å². The van der Waals surface area contributed by atoms with Crippen molar-refractivity contribution in [3.8, 4) is 6.07 Å². The van der Waals surface area contributed by atoms with E-state index in [1.807, 2.05) is 18.7 Å². The van der Waals surface area contributed by atoms with Crippen LogP contribution in [0.3, 0.4) is 0 Å². The number of aromatic amines is 1. The average Bonchev–Trinajstić information content (AvgIpc) is 2.74. The van der Waals surface area contributed by atoms with Gasteiger partial charge in [0.2, 0.25) is 0 Å². The van der Waals surface area contributed by atoms with Crippen molar-refractivity contribution < 1.29 is 4.42 Å². The molecule has 1 heterocycles. The van der Waals surface area contributed by atoms with Gasteiger partial charge in [-0.05, 0) is 19.9 Å². The molecule has 0 bridgehead atoms. The van der Waals surface area contributed by atoms with E-state index in [9.17, 15) is 4.79 Å². The molecule has 0 aliphatic rings. The number of aromatic nitrogens is 1. The van der Waals surface area contributed by atoms with Crippen molar-refractivity contribution in [1.82, 2.24) is 4.98 Å². The van der Waals surface area contributed by atoms with E-state index in [1.165, 1.54) is 0 Å². The first-order valence-corrected chi connectivity index (χ1v) is 6.12. The third-order valence-electron chi connectivity index (χ3n) is 3.01. The molecule has 0 saturated carbocycles. The van der Waals surface area contributed by atoms with Crippen molar-refractivity contribution in [2.75, 3.05) is 23.7 Å². The second-order valence-electron chi connectivity index (χ2n) is 4.49. The number of nitriles is 1. The largest absolute Gasteiger partial charge is 0.417 e. The van der Waals surface area contributed by atoms with E-state index in [0.717, 1.165) is 12.2 Å². The number of hydrogen-bond acceptors (Lipinski definition) is 5. The van der Waals surface area contributed by atoms with Crippen LogP contribution >= 0.6 is 0 Å². The van der Waals surface area contributed by atoms with E-state index in [-0.39, 0.29) is 5.92 Å². The molecule has 0 aliphatic heterocycles. The zero-order valence-corrected chi connectivity index (χ0v) is 10.9. The summed E-state index contributed by atoms with van der Waals surface area (Å²) in [5.41, 5.74) is 8.37. The summed E-state index contributed by atoms with van der Waals surface area (Å²) in [6, 6.07) is 5.61. The highest BCUT2D eigenvalue weighted by Crippen LogP contribution is 2.28. The smallest absolute Gasteiger partial charge is 0.408 e. The number of rotatable bonds is 4. The van der Waals surface area contributed by atoms with Crippen molar-refractivity contribution in [3.05, 3.63) is 22.7 Å². The van der Waals surface area contributed by atoms with Crippen molar-refractivity contribution in [2.45, 2.75) is 13.8 Å². The zero-order valence-electron chi connectivity index (χ0n) is 10.9. The highest BCUT2D eigenvalue weighted by Gasteiger charge is 2.14. The minimum absolute atomic E-state index is 0.0987. The molecule has 2 aromatic rings. The summed E-state index contributed by atoms with van der Waals surface area (Å²) in [5.74, 6) is -0.599. The Kier molecular flexibility index (Phi) is 3.47. The molecular weight excluding hydrogens is 244 g/mol. The standard InChI is InChI=1S/C13H16N4O2/c1-3-17(7-8(2)6-14)11-5-10-12(4-9(11)15)19-13(18)16-10/h4-5,8H,3,7,15H2,1-2H3,(H,16,18). The van der Waals surface area contributed by atoms with Gasteiger partial charge in [0.25, 0.3) is 0 Å². The number of anilines is 2. The maximum absolute atomic E-state index is 11.2. The fourth-order valence-electron chi connectivity index (χ4n) is 2.04. The third kappa shape index (κ3) is 2.55. The van der Waals surface area contributed by atoms with Gasteiger partial charge in [0, 0.05) is 19.2 Å². The highest BCUT2D eigenvalue weighted by atomic mass is 16.4. The molecule has 1 atom stereocenters. The van der Waals surface area contributed by atoms with Gasteiger partial charge in [0.15, 0.2) is 5.58 Å².